The van der Waals surface area contributed by atoms with Gasteiger partial charge in [-0.3, -0.25) is 4.79 Å². The largest absolute Gasteiger partial charge is 0.443 e. The number of nitrogens with zero attached hydrogens (tertiary/aromatic N) is 2. The zero-order valence-electron chi connectivity index (χ0n) is 17.6. The highest BCUT2D eigenvalue weighted by molar-refractivity contribution is 6.13. The van der Waals surface area contributed by atoms with Crippen LogP contribution in [-0.4, -0.2) is 45.3 Å². The molecule has 0 aliphatic carbocycles. The first kappa shape index (κ1) is 20.6. The molecular formula is C22H26N2O5. The van der Waals surface area contributed by atoms with Crippen molar-refractivity contribution in [3.8, 4) is 0 Å². The summed E-state index contributed by atoms with van der Waals surface area (Å²) in [6.07, 6.45) is 2.02. The maximum atomic E-state index is 13.4. The summed E-state index contributed by atoms with van der Waals surface area (Å²) in [5, 5.41) is 0.726. The van der Waals surface area contributed by atoms with E-state index in [1.165, 1.54) is 4.57 Å². The predicted octanol–water partition coefficient (Wildman–Crippen LogP) is 4.83. The van der Waals surface area contributed by atoms with E-state index in [0.717, 1.165) is 10.3 Å². The van der Waals surface area contributed by atoms with Crippen LogP contribution in [0.15, 0.2) is 30.3 Å². The monoisotopic (exact) mass is 398 g/mol. The number of benzene rings is 1. The van der Waals surface area contributed by atoms with E-state index in [2.05, 4.69) is 0 Å². The van der Waals surface area contributed by atoms with Crippen LogP contribution < -0.4 is 0 Å². The van der Waals surface area contributed by atoms with E-state index in [0.29, 0.717) is 11.1 Å². The Morgan fingerprint density at radius 1 is 0.931 bits per heavy atom. The fourth-order valence-corrected chi connectivity index (χ4v) is 3.10. The van der Waals surface area contributed by atoms with Gasteiger partial charge in [-0.1, -0.05) is 30.4 Å². The summed E-state index contributed by atoms with van der Waals surface area (Å²) in [4.78, 5) is 40.0. The lowest BCUT2D eigenvalue weighted by atomic mass is 10.1. The maximum absolute atomic E-state index is 13.4. The smallest absolute Gasteiger partial charge is 0.419 e. The number of para-hydroxylation sites is 1. The fraction of sp³-hybridized carbons (Fsp3) is 0.409. The van der Waals surface area contributed by atoms with Crippen LogP contribution in [0.2, 0.25) is 0 Å². The Labute approximate surface area is 169 Å². The number of ether oxygens (including phenoxy) is 2. The Morgan fingerprint density at radius 3 is 2.14 bits per heavy atom. The summed E-state index contributed by atoms with van der Waals surface area (Å²) in [5.74, 6) is -0.610. The first-order valence-electron chi connectivity index (χ1n) is 9.47. The van der Waals surface area contributed by atoms with Gasteiger partial charge in [0.25, 0.3) is 5.91 Å². The van der Waals surface area contributed by atoms with E-state index in [1.807, 2.05) is 12.1 Å². The predicted molar refractivity (Wildman–Crippen MR) is 110 cm³/mol. The molecule has 1 aromatic heterocycles. The Hall–Kier alpha value is -3.09. The Balaban J connectivity index is 2.17. The highest BCUT2D eigenvalue weighted by atomic mass is 16.6. The maximum Gasteiger partial charge on any atom is 0.419 e. The van der Waals surface area contributed by atoms with Crippen molar-refractivity contribution in [2.24, 2.45) is 0 Å². The van der Waals surface area contributed by atoms with Gasteiger partial charge in [0, 0.05) is 10.9 Å². The zero-order chi connectivity index (χ0) is 21.6. The number of hydrogen-bond acceptors (Lipinski definition) is 5. The highest BCUT2D eigenvalue weighted by Crippen LogP contribution is 2.31. The van der Waals surface area contributed by atoms with E-state index in [1.54, 1.807) is 65.8 Å². The van der Waals surface area contributed by atoms with E-state index >= 15 is 0 Å². The average Bonchev–Trinajstić information content (AvgIpc) is 2.80. The van der Waals surface area contributed by atoms with Gasteiger partial charge >= 0.3 is 12.2 Å². The molecule has 1 aliphatic heterocycles. The summed E-state index contributed by atoms with van der Waals surface area (Å²) >= 11 is 0. The number of carbonyl (C=O) groups is 3. The van der Waals surface area contributed by atoms with Gasteiger partial charge in [0.05, 0.1) is 12.1 Å². The van der Waals surface area contributed by atoms with Crippen LogP contribution in [0.4, 0.5) is 9.59 Å². The molecule has 0 unspecified atom stereocenters. The number of hydrogen-bond donors (Lipinski definition) is 0. The molecule has 1 aromatic carbocycles. The fourth-order valence-electron chi connectivity index (χ4n) is 3.10. The van der Waals surface area contributed by atoms with Crippen LogP contribution in [-0.2, 0) is 9.47 Å². The van der Waals surface area contributed by atoms with E-state index in [4.69, 9.17) is 9.47 Å². The van der Waals surface area contributed by atoms with Crippen LogP contribution in [0.3, 0.4) is 0 Å². The topological polar surface area (TPSA) is 77.8 Å². The molecule has 7 heteroatoms. The zero-order valence-corrected chi connectivity index (χ0v) is 17.6. The molecule has 154 valence electrons. The van der Waals surface area contributed by atoms with E-state index < -0.39 is 29.3 Å². The van der Waals surface area contributed by atoms with Gasteiger partial charge in [0.2, 0.25) is 0 Å². The summed E-state index contributed by atoms with van der Waals surface area (Å²) in [7, 11) is 0. The number of carbonyl (C=O) groups excluding carboxylic acids is 3. The molecule has 2 amide bonds. The summed E-state index contributed by atoms with van der Waals surface area (Å²) < 4.78 is 12.2. The minimum atomic E-state index is -0.763. The molecule has 3 rings (SSSR count). The Kier molecular flexibility index (Phi) is 5.03. The van der Waals surface area contributed by atoms with Crippen molar-refractivity contribution in [3.05, 3.63) is 41.6 Å². The van der Waals surface area contributed by atoms with Crippen molar-refractivity contribution in [2.45, 2.75) is 52.7 Å². The molecule has 2 aromatic rings. The molecule has 0 N–H and O–H groups in total. The quantitative estimate of drug-likeness (QED) is 0.635. The Bertz CT molecular complexity index is 1020. The van der Waals surface area contributed by atoms with Crippen LogP contribution >= 0.6 is 0 Å². The second kappa shape index (κ2) is 7.06. The molecule has 29 heavy (non-hydrogen) atoms. The van der Waals surface area contributed by atoms with Crippen molar-refractivity contribution in [1.29, 1.82) is 0 Å². The lowest BCUT2D eigenvalue weighted by Gasteiger charge is -2.25. The van der Waals surface area contributed by atoms with Crippen LogP contribution in [0.5, 0.6) is 0 Å². The molecule has 0 spiro atoms. The normalized spacial score (nSPS) is 14.6. The van der Waals surface area contributed by atoms with E-state index in [9.17, 15) is 14.4 Å². The first-order valence-corrected chi connectivity index (χ1v) is 9.47. The van der Waals surface area contributed by atoms with Gasteiger partial charge in [0.15, 0.2) is 0 Å². The third kappa shape index (κ3) is 4.18. The molecule has 1 aliphatic rings. The van der Waals surface area contributed by atoms with Crippen LogP contribution in [0, 0.1) is 0 Å². The van der Waals surface area contributed by atoms with Gasteiger partial charge in [-0.05, 0) is 47.6 Å². The number of amides is 2. The van der Waals surface area contributed by atoms with Gasteiger partial charge in [0.1, 0.15) is 16.9 Å². The molecule has 0 radical (unpaired) electrons. The standard InChI is InChI=1S/C22H26N2O5/c1-21(2,3)28-19(26)23-13-9-11-15-14-10-7-8-12-16(14)24(17(15)18(23)25)20(27)29-22(4,5)6/h7-12H,13H2,1-6H3. The summed E-state index contributed by atoms with van der Waals surface area (Å²) in [5.41, 5.74) is -0.309. The molecule has 2 heterocycles. The van der Waals surface area contributed by atoms with Gasteiger partial charge in [-0.25, -0.2) is 19.1 Å². The average molecular weight is 398 g/mol. The Morgan fingerprint density at radius 2 is 1.52 bits per heavy atom. The molecule has 0 atom stereocenters. The van der Waals surface area contributed by atoms with Crippen molar-refractivity contribution >= 4 is 35.1 Å². The van der Waals surface area contributed by atoms with Crippen LogP contribution in [0.1, 0.15) is 57.6 Å². The lowest BCUT2D eigenvalue weighted by molar-refractivity contribution is 0.0252. The number of rotatable bonds is 0. The molecule has 0 saturated carbocycles. The molecule has 0 saturated heterocycles. The summed E-state index contributed by atoms with van der Waals surface area (Å²) in [6.45, 7) is 10.5. The third-order valence-corrected chi connectivity index (χ3v) is 4.12. The lowest BCUT2D eigenvalue weighted by Crippen LogP contribution is -2.42. The molecule has 0 fully saturated rings. The molecule has 0 bridgehead atoms. The van der Waals surface area contributed by atoms with Crippen LogP contribution in [0.25, 0.3) is 17.0 Å². The van der Waals surface area contributed by atoms with Gasteiger partial charge in [-0.2, -0.15) is 0 Å². The number of fused-ring (bicyclic) bond motifs is 3. The third-order valence-electron chi connectivity index (χ3n) is 4.12. The van der Waals surface area contributed by atoms with Crippen molar-refractivity contribution in [1.82, 2.24) is 9.47 Å². The van der Waals surface area contributed by atoms with Crippen molar-refractivity contribution in [2.75, 3.05) is 6.54 Å². The second-order valence-corrected chi connectivity index (χ2v) is 8.89. The van der Waals surface area contributed by atoms with Crippen molar-refractivity contribution < 1.29 is 23.9 Å². The van der Waals surface area contributed by atoms with Gasteiger partial charge in [-0.15, -0.1) is 0 Å². The number of imide groups is 1. The minimum Gasteiger partial charge on any atom is -0.443 e. The minimum absolute atomic E-state index is 0.0467. The molecular weight excluding hydrogens is 372 g/mol. The highest BCUT2D eigenvalue weighted by Gasteiger charge is 2.35. The second-order valence-electron chi connectivity index (χ2n) is 8.89. The number of aromatic nitrogens is 1. The first-order chi connectivity index (χ1) is 13.4. The summed E-state index contributed by atoms with van der Waals surface area (Å²) in [6, 6.07) is 7.18. The van der Waals surface area contributed by atoms with E-state index in [-0.39, 0.29) is 12.2 Å². The van der Waals surface area contributed by atoms with Gasteiger partial charge < -0.3 is 9.47 Å². The molecule has 7 nitrogen and oxygen atoms in total. The SMILES string of the molecule is CC(C)(C)OC(=O)N1CC=Cc2c(n(C(=O)OC(C)(C)C)c3ccccc23)C1=O. The van der Waals surface area contributed by atoms with Crippen molar-refractivity contribution in [3.63, 3.8) is 0 Å².